The van der Waals surface area contributed by atoms with Crippen molar-refractivity contribution >= 4 is 5.91 Å². The number of aromatic nitrogens is 1. The number of hydrogen-bond donors (Lipinski definition) is 1. The second-order valence-corrected chi connectivity index (χ2v) is 6.44. The van der Waals surface area contributed by atoms with E-state index in [4.69, 9.17) is 0 Å². The summed E-state index contributed by atoms with van der Waals surface area (Å²) in [6.07, 6.45) is 10.1. The quantitative estimate of drug-likeness (QED) is 0.908. The van der Waals surface area contributed by atoms with Gasteiger partial charge in [0.2, 0.25) is 5.91 Å². The van der Waals surface area contributed by atoms with Crippen molar-refractivity contribution < 1.29 is 4.79 Å². The maximum Gasteiger partial charge on any atom is 0.240 e. The zero-order valence-corrected chi connectivity index (χ0v) is 13.1. The number of hydrogen-bond acceptors (Lipinski definition) is 2. The van der Waals surface area contributed by atoms with Crippen LogP contribution in [0.3, 0.4) is 0 Å². The fourth-order valence-corrected chi connectivity index (χ4v) is 3.76. The Morgan fingerprint density at radius 2 is 2.05 bits per heavy atom. The molecule has 21 heavy (non-hydrogen) atoms. The van der Waals surface area contributed by atoms with Gasteiger partial charge < -0.3 is 14.8 Å². The summed E-state index contributed by atoms with van der Waals surface area (Å²) in [5, 5.41) is 3.42. The normalized spacial score (nSPS) is 27.4. The Morgan fingerprint density at radius 3 is 2.76 bits per heavy atom. The molecule has 1 aromatic heterocycles. The molecule has 0 aromatic carbocycles. The number of likely N-dealkylation sites (tertiary alicyclic amines) is 1. The first-order valence-corrected chi connectivity index (χ1v) is 8.42. The molecule has 0 saturated carbocycles. The van der Waals surface area contributed by atoms with Crippen molar-refractivity contribution in [1.29, 1.82) is 0 Å². The van der Waals surface area contributed by atoms with Gasteiger partial charge in [0.1, 0.15) is 0 Å². The number of amides is 1. The molecule has 4 nitrogen and oxygen atoms in total. The predicted molar refractivity (Wildman–Crippen MR) is 84.0 cm³/mol. The minimum Gasteiger partial charge on any atom is -0.353 e. The summed E-state index contributed by atoms with van der Waals surface area (Å²) in [5.74, 6) is 0.322. The molecule has 2 unspecified atom stereocenters. The van der Waals surface area contributed by atoms with Gasteiger partial charge in [0, 0.05) is 25.5 Å². The highest BCUT2D eigenvalue weighted by Gasteiger charge is 2.32. The summed E-state index contributed by atoms with van der Waals surface area (Å²) in [5.41, 5.74) is 1.28. The Balaban J connectivity index is 1.81. The Bertz CT molecular complexity index is 476. The lowest BCUT2D eigenvalue weighted by Gasteiger charge is -2.35. The minimum atomic E-state index is 0.0413. The second kappa shape index (κ2) is 6.65. The van der Waals surface area contributed by atoms with Gasteiger partial charge in [-0.25, -0.2) is 0 Å². The highest BCUT2D eigenvalue weighted by molar-refractivity contribution is 5.82. The molecule has 4 heteroatoms. The summed E-state index contributed by atoms with van der Waals surface area (Å²) in [4.78, 5) is 15.1. The van der Waals surface area contributed by atoms with E-state index in [0.717, 1.165) is 32.4 Å². The monoisotopic (exact) mass is 289 g/mol. The van der Waals surface area contributed by atoms with Crippen LogP contribution in [0, 0.1) is 0 Å². The Kier molecular flexibility index (Phi) is 4.63. The molecular formula is C17H27N3O. The molecule has 1 N–H and O–H groups in total. The van der Waals surface area contributed by atoms with E-state index in [2.05, 4.69) is 40.2 Å². The second-order valence-electron chi connectivity index (χ2n) is 6.44. The van der Waals surface area contributed by atoms with E-state index in [1.54, 1.807) is 0 Å². The number of rotatable bonds is 2. The number of carbonyl (C=O) groups excluding carboxylic acids is 1. The summed E-state index contributed by atoms with van der Waals surface area (Å²) in [7, 11) is 2.09. The summed E-state index contributed by atoms with van der Waals surface area (Å²) < 4.78 is 2.17. The molecule has 3 rings (SSSR count). The molecule has 0 aliphatic carbocycles. The molecule has 2 fully saturated rings. The van der Waals surface area contributed by atoms with Gasteiger partial charge in [0.05, 0.1) is 12.1 Å². The highest BCUT2D eigenvalue weighted by Crippen LogP contribution is 2.31. The van der Waals surface area contributed by atoms with E-state index < -0.39 is 0 Å². The van der Waals surface area contributed by atoms with Crippen LogP contribution in [0.2, 0.25) is 0 Å². The van der Waals surface area contributed by atoms with E-state index in [0.29, 0.717) is 5.91 Å². The zero-order chi connectivity index (χ0) is 14.7. The number of carbonyl (C=O) groups is 1. The number of aryl methyl sites for hydroxylation is 1. The van der Waals surface area contributed by atoms with E-state index in [1.165, 1.54) is 31.4 Å². The largest absolute Gasteiger partial charge is 0.353 e. The van der Waals surface area contributed by atoms with Crippen LogP contribution in [-0.4, -0.2) is 34.5 Å². The Hall–Kier alpha value is -1.29. The SMILES string of the molecule is Cn1cccc1C1CCCCCN1C(=O)C1CCCCN1. The lowest BCUT2D eigenvalue weighted by atomic mass is 10.0. The molecule has 2 aliphatic heterocycles. The molecule has 2 aliphatic rings. The maximum atomic E-state index is 13.0. The fourth-order valence-electron chi connectivity index (χ4n) is 3.76. The average Bonchev–Trinajstić information content (AvgIpc) is 2.80. The number of nitrogens with zero attached hydrogens (tertiary/aromatic N) is 2. The minimum absolute atomic E-state index is 0.0413. The molecule has 3 heterocycles. The first kappa shape index (κ1) is 14.6. The van der Waals surface area contributed by atoms with E-state index in [9.17, 15) is 4.79 Å². The summed E-state index contributed by atoms with van der Waals surface area (Å²) in [6.45, 7) is 1.89. The van der Waals surface area contributed by atoms with Crippen molar-refractivity contribution in [3.05, 3.63) is 24.0 Å². The standard InChI is InChI=1S/C17H27N3O/c1-19-12-7-10-15(19)16-9-3-2-6-13-20(16)17(21)14-8-4-5-11-18-14/h7,10,12,14,16,18H,2-6,8-9,11,13H2,1H3. The molecule has 0 bridgehead atoms. The molecule has 2 atom stereocenters. The molecule has 0 radical (unpaired) electrons. The summed E-state index contributed by atoms with van der Waals surface area (Å²) >= 11 is 0. The first-order chi connectivity index (χ1) is 10.3. The van der Waals surface area contributed by atoms with Gasteiger partial charge in [-0.15, -0.1) is 0 Å². The van der Waals surface area contributed by atoms with Crippen LogP contribution in [0.25, 0.3) is 0 Å². The van der Waals surface area contributed by atoms with Gasteiger partial charge >= 0.3 is 0 Å². The third-order valence-corrected chi connectivity index (χ3v) is 4.97. The van der Waals surface area contributed by atoms with Crippen LogP contribution in [0.1, 0.15) is 56.7 Å². The van der Waals surface area contributed by atoms with Gasteiger partial charge in [0.15, 0.2) is 0 Å². The van der Waals surface area contributed by atoms with Crippen LogP contribution in [0.5, 0.6) is 0 Å². The Morgan fingerprint density at radius 1 is 1.19 bits per heavy atom. The van der Waals surface area contributed by atoms with Crippen LogP contribution < -0.4 is 5.32 Å². The van der Waals surface area contributed by atoms with Crippen molar-refractivity contribution in [1.82, 2.24) is 14.8 Å². The molecular weight excluding hydrogens is 262 g/mol. The third kappa shape index (κ3) is 3.15. The van der Waals surface area contributed by atoms with Crippen LogP contribution in [-0.2, 0) is 11.8 Å². The van der Waals surface area contributed by atoms with E-state index in [1.807, 2.05) is 0 Å². The molecule has 1 amide bonds. The van der Waals surface area contributed by atoms with Crippen molar-refractivity contribution in [3.63, 3.8) is 0 Å². The van der Waals surface area contributed by atoms with Gasteiger partial charge in [-0.2, -0.15) is 0 Å². The fraction of sp³-hybridized carbons (Fsp3) is 0.706. The van der Waals surface area contributed by atoms with Crippen molar-refractivity contribution in [2.24, 2.45) is 7.05 Å². The molecule has 0 spiro atoms. The first-order valence-electron chi connectivity index (χ1n) is 8.42. The van der Waals surface area contributed by atoms with Gasteiger partial charge in [-0.3, -0.25) is 4.79 Å². The van der Waals surface area contributed by atoms with E-state index >= 15 is 0 Å². The van der Waals surface area contributed by atoms with E-state index in [-0.39, 0.29) is 12.1 Å². The number of nitrogens with one attached hydrogen (secondary N) is 1. The van der Waals surface area contributed by atoms with Crippen molar-refractivity contribution in [2.75, 3.05) is 13.1 Å². The topological polar surface area (TPSA) is 37.3 Å². The maximum absolute atomic E-state index is 13.0. The lowest BCUT2D eigenvalue weighted by molar-refractivity contribution is -0.136. The van der Waals surface area contributed by atoms with Crippen LogP contribution >= 0.6 is 0 Å². The van der Waals surface area contributed by atoms with Crippen molar-refractivity contribution in [2.45, 2.75) is 57.0 Å². The highest BCUT2D eigenvalue weighted by atomic mass is 16.2. The van der Waals surface area contributed by atoms with Crippen LogP contribution in [0.4, 0.5) is 0 Å². The smallest absolute Gasteiger partial charge is 0.240 e. The average molecular weight is 289 g/mol. The Labute approximate surface area is 127 Å². The third-order valence-electron chi connectivity index (χ3n) is 4.97. The van der Waals surface area contributed by atoms with Crippen LogP contribution in [0.15, 0.2) is 18.3 Å². The zero-order valence-electron chi connectivity index (χ0n) is 13.1. The lowest BCUT2D eigenvalue weighted by Crippen LogP contribution is -2.49. The molecule has 2 saturated heterocycles. The van der Waals surface area contributed by atoms with Gasteiger partial charge in [-0.1, -0.05) is 19.3 Å². The molecule has 116 valence electrons. The predicted octanol–water partition coefficient (Wildman–Crippen LogP) is 2.61. The number of piperidine rings is 1. The van der Waals surface area contributed by atoms with Crippen molar-refractivity contribution in [3.8, 4) is 0 Å². The summed E-state index contributed by atoms with van der Waals surface area (Å²) in [6, 6.07) is 4.55. The van der Waals surface area contributed by atoms with Gasteiger partial charge in [-0.05, 0) is 44.4 Å². The molecule has 1 aromatic rings. The van der Waals surface area contributed by atoms with Gasteiger partial charge in [0.25, 0.3) is 0 Å².